The molecule has 0 unspecified atom stereocenters. The second-order valence-electron chi connectivity index (χ2n) is 3.74. The highest BCUT2D eigenvalue weighted by molar-refractivity contribution is 5.57. The van der Waals surface area contributed by atoms with Crippen LogP contribution in [0.4, 0.5) is 5.69 Å². The van der Waals surface area contributed by atoms with Gasteiger partial charge in [-0.25, -0.2) is 0 Å². The number of hydrogen-bond donors (Lipinski definition) is 1. The molecular formula is C13H21NO3. The minimum Gasteiger partial charge on any atom is -0.495 e. The number of benzene rings is 1. The molecule has 1 aromatic carbocycles. The van der Waals surface area contributed by atoms with Gasteiger partial charge in [-0.2, -0.15) is 0 Å². The van der Waals surface area contributed by atoms with E-state index in [1.165, 1.54) is 5.56 Å². The summed E-state index contributed by atoms with van der Waals surface area (Å²) in [5, 5.41) is 3.29. The van der Waals surface area contributed by atoms with Crippen molar-refractivity contribution in [3.8, 4) is 5.75 Å². The molecule has 96 valence electrons. The van der Waals surface area contributed by atoms with Gasteiger partial charge < -0.3 is 19.5 Å². The molecule has 0 aliphatic carbocycles. The van der Waals surface area contributed by atoms with Gasteiger partial charge in [0.15, 0.2) is 0 Å². The Morgan fingerprint density at radius 1 is 1.12 bits per heavy atom. The summed E-state index contributed by atoms with van der Waals surface area (Å²) >= 11 is 0. The highest BCUT2D eigenvalue weighted by Crippen LogP contribution is 2.24. The Balaban J connectivity index is 2.32. The van der Waals surface area contributed by atoms with E-state index in [0.29, 0.717) is 19.8 Å². The summed E-state index contributed by atoms with van der Waals surface area (Å²) in [4.78, 5) is 0. The van der Waals surface area contributed by atoms with Crippen LogP contribution in [0, 0.1) is 6.92 Å². The van der Waals surface area contributed by atoms with Crippen molar-refractivity contribution in [1.82, 2.24) is 0 Å². The second-order valence-corrected chi connectivity index (χ2v) is 3.74. The molecule has 4 heteroatoms. The maximum absolute atomic E-state index is 5.37. The summed E-state index contributed by atoms with van der Waals surface area (Å²) in [7, 11) is 3.34. The Morgan fingerprint density at radius 3 is 2.65 bits per heavy atom. The van der Waals surface area contributed by atoms with E-state index in [-0.39, 0.29) is 0 Å². The molecule has 0 bridgehead atoms. The predicted octanol–water partition coefficient (Wildman–Crippen LogP) is 2.08. The van der Waals surface area contributed by atoms with Crippen molar-refractivity contribution in [2.24, 2.45) is 0 Å². The first-order chi connectivity index (χ1) is 8.27. The Bertz CT molecular complexity index is 328. The molecule has 0 heterocycles. The van der Waals surface area contributed by atoms with Crippen molar-refractivity contribution in [1.29, 1.82) is 0 Å². The van der Waals surface area contributed by atoms with Crippen molar-refractivity contribution in [3.05, 3.63) is 23.8 Å². The topological polar surface area (TPSA) is 39.7 Å². The van der Waals surface area contributed by atoms with Crippen LogP contribution in [0.3, 0.4) is 0 Å². The zero-order valence-corrected chi connectivity index (χ0v) is 10.8. The molecule has 0 saturated carbocycles. The third-order valence-corrected chi connectivity index (χ3v) is 2.35. The fourth-order valence-corrected chi connectivity index (χ4v) is 1.46. The van der Waals surface area contributed by atoms with Gasteiger partial charge in [0.05, 0.1) is 32.6 Å². The van der Waals surface area contributed by atoms with Crippen LogP contribution in [0.15, 0.2) is 18.2 Å². The molecule has 0 aromatic heterocycles. The minimum absolute atomic E-state index is 0.628. The van der Waals surface area contributed by atoms with E-state index < -0.39 is 0 Å². The summed E-state index contributed by atoms with van der Waals surface area (Å²) in [6.45, 7) is 4.72. The van der Waals surface area contributed by atoms with Gasteiger partial charge in [-0.1, -0.05) is 6.07 Å². The molecule has 17 heavy (non-hydrogen) atoms. The minimum atomic E-state index is 0.628. The first kappa shape index (κ1) is 13.8. The molecule has 0 aliphatic rings. The quantitative estimate of drug-likeness (QED) is 0.705. The smallest absolute Gasteiger partial charge is 0.141 e. The summed E-state index contributed by atoms with van der Waals surface area (Å²) in [5.41, 5.74) is 2.21. The Labute approximate surface area is 103 Å². The van der Waals surface area contributed by atoms with Gasteiger partial charge in [0.1, 0.15) is 5.75 Å². The highest BCUT2D eigenvalue weighted by atomic mass is 16.5. The molecule has 1 rings (SSSR count). The van der Waals surface area contributed by atoms with E-state index in [1.54, 1.807) is 14.2 Å². The van der Waals surface area contributed by atoms with Gasteiger partial charge in [-0.3, -0.25) is 0 Å². The van der Waals surface area contributed by atoms with Crippen LogP contribution >= 0.6 is 0 Å². The Hall–Kier alpha value is -1.26. The number of hydrogen-bond acceptors (Lipinski definition) is 4. The molecule has 0 spiro atoms. The van der Waals surface area contributed by atoms with Crippen LogP contribution in [0.25, 0.3) is 0 Å². The van der Waals surface area contributed by atoms with E-state index >= 15 is 0 Å². The zero-order chi connectivity index (χ0) is 12.5. The molecule has 0 fully saturated rings. The molecule has 0 atom stereocenters. The first-order valence-corrected chi connectivity index (χ1v) is 5.73. The number of methoxy groups -OCH3 is 2. The number of aryl methyl sites for hydroxylation is 1. The molecule has 4 nitrogen and oxygen atoms in total. The number of anilines is 1. The normalized spacial score (nSPS) is 10.3. The summed E-state index contributed by atoms with van der Waals surface area (Å²) < 4.78 is 15.5. The molecule has 0 radical (unpaired) electrons. The molecule has 0 amide bonds. The second kappa shape index (κ2) is 7.92. The maximum Gasteiger partial charge on any atom is 0.141 e. The van der Waals surface area contributed by atoms with Crippen molar-refractivity contribution in [3.63, 3.8) is 0 Å². The van der Waals surface area contributed by atoms with Crippen LogP contribution in [-0.2, 0) is 9.47 Å². The van der Waals surface area contributed by atoms with E-state index in [2.05, 4.69) is 18.3 Å². The largest absolute Gasteiger partial charge is 0.495 e. The highest BCUT2D eigenvalue weighted by Gasteiger charge is 2.01. The van der Waals surface area contributed by atoms with Gasteiger partial charge in [0, 0.05) is 13.7 Å². The number of ether oxygens (including phenoxy) is 3. The summed E-state index contributed by atoms with van der Waals surface area (Å²) in [5.74, 6) is 0.854. The summed E-state index contributed by atoms with van der Waals surface area (Å²) in [6.07, 6.45) is 0. The monoisotopic (exact) mass is 239 g/mol. The molecular weight excluding hydrogens is 218 g/mol. The third kappa shape index (κ3) is 5.06. The number of nitrogens with one attached hydrogen (secondary N) is 1. The van der Waals surface area contributed by atoms with Gasteiger partial charge in [-0.05, 0) is 24.6 Å². The van der Waals surface area contributed by atoms with E-state index in [0.717, 1.165) is 18.0 Å². The van der Waals surface area contributed by atoms with Gasteiger partial charge in [0.25, 0.3) is 0 Å². The predicted molar refractivity (Wildman–Crippen MR) is 68.9 cm³/mol. The van der Waals surface area contributed by atoms with Crippen molar-refractivity contribution >= 4 is 5.69 Å². The Morgan fingerprint density at radius 2 is 1.94 bits per heavy atom. The molecule has 1 N–H and O–H groups in total. The average Bonchev–Trinajstić information content (AvgIpc) is 2.34. The van der Waals surface area contributed by atoms with E-state index in [9.17, 15) is 0 Å². The lowest BCUT2D eigenvalue weighted by Gasteiger charge is -2.12. The van der Waals surface area contributed by atoms with Crippen LogP contribution in [0.2, 0.25) is 0 Å². The standard InChI is InChI=1S/C13H21NO3/c1-11-4-5-13(16-3)12(10-11)14-6-7-17-9-8-15-2/h4-5,10,14H,6-9H2,1-3H3. The van der Waals surface area contributed by atoms with Crippen molar-refractivity contribution < 1.29 is 14.2 Å². The molecule has 0 aliphatic heterocycles. The van der Waals surface area contributed by atoms with Crippen LogP contribution in [-0.4, -0.2) is 40.6 Å². The third-order valence-electron chi connectivity index (χ3n) is 2.35. The Kier molecular flexibility index (Phi) is 6.43. The fourth-order valence-electron chi connectivity index (χ4n) is 1.46. The van der Waals surface area contributed by atoms with E-state index in [1.807, 2.05) is 12.1 Å². The number of rotatable bonds is 8. The lowest BCUT2D eigenvalue weighted by molar-refractivity contribution is 0.0759. The van der Waals surface area contributed by atoms with Crippen molar-refractivity contribution in [2.75, 3.05) is 45.9 Å². The molecule has 0 saturated heterocycles. The first-order valence-electron chi connectivity index (χ1n) is 5.73. The fraction of sp³-hybridized carbons (Fsp3) is 0.538. The van der Waals surface area contributed by atoms with E-state index in [4.69, 9.17) is 14.2 Å². The van der Waals surface area contributed by atoms with Gasteiger partial charge in [-0.15, -0.1) is 0 Å². The van der Waals surface area contributed by atoms with Crippen LogP contribution in [0.5, 0.6) is 5.75 Å². The zero-order valence-electron chi connectivity index (χ0n) is 10.8. The molecule has 1 aromatic rings. The van der Waals surface area contributed by atoms with Crippen LogP contribution in [0.1, 0.15) is 5.56 Å². The summed E-state index contributed by atoms with van der Waals surface area (Å²) in [6, 6.07) is 6.05. The van der Waals surface area contributed by atoms with Crippen molar-refractivity contribution in [2.45, 2.75) is 6.92 Å². The van der Waals surface area contributed by atoms with Gasteiger partial charge >= 0.3 is 0 Å². The lowest BCUT2D eigenvalue weighted by atomic mass is 10.2. The van der Waals surface area contributed by atoms with Gasteiger partial charge in [0.2, 0.25) is 0 Å². The lowest BCUT2D eigenvalue weighted by Crippen LogP contribution is -2.12. The maximum atomic E-state index is 5.37. The average molecular weight is 239 g/mol. The van der Waals surface area contributed by atoms with Crippen LogP contribution < -0.4 is 10.1 Å². The SMILES string of the molecule is COCCOCCNc1cc(C)ccc1OC.